The van der Waals surface area contributed by atoms with Crippen LogP contribution in [0.15, 0.2) is 46.0 Å². The van der Waals surface area contributed by atoms with Gasteiger partial charge in [-0.3, -0.25) is 23.9 Å². The van der Waals surface area contributed by atoms with Gasteiger partial charge in [-0.05, 0) is 42.7 Å². The molecular weight excluding hydrogens is 664 g/mol. The van der Waals surface area contributed by atoms with E-state index in [1.54, 1.807) is 32.2 Å². The summed E-state index contributed by atoms with van der Waals surface area (Å²) in [6.07, 6.45) is 1.65. The Morgan fingerprint density at radius 1 is 1.02 bits per heavy atom. The number of halogens is 3. The number of nitrogens with zero attached hydrogens (tertiary/aromatic N) is 6. The van der Waals surface area contributed by atoms with Crippen LogP contribution in [-0.4, -0.2) is 74.2 Å². The Labute approximate surface area is 284 Å². The van der Waals surface area contributed by atoms with E-state index in [1.165, 1.54) is 26.2 Å². The van der Waals surface area contributed by atoms with Crippen molar-refractivity contribution in [3.8, 4) is 28.3 Å². The van der Waals surface area contributed by atoms with Crippen molar-refractivity contribution < 1.29 is 18.7 Å². The Kier molecular flexibility index (Phi) is 9.12. The highest BCUT2D eigenvalue weighted by Crippen LogP contribution is 2.46. The summed E-state index contributed by atoms with van der Waals surface area (Å²) < 4.78 is 23.0. The number of rotatable bonds is 6. The second-order valence-electron chi connectivity index (χ2n) is 11.7. The van der Waals surface area contributed by atoms with Crippen LogP contribution in [0.2, 0.25) is 10.0 Å². The minimum atomic E-state index is -0.904. The highest BCUT2D eigenvalue weighted by atomic mass is 35.5. The predicted molar refractivity (Wildman–Crippen MR) is 179 cm³/mol. The normalized spacial score (nSPS) is 16.1. The molecule has 48 heavy (non-hydrogen) atoms. The number of nitrogens with one attached hydrogen (secondary N) is 1. The van der Waals surface area contributed by atoms with Crippen LogP contribution in [0.4, 0.5) is 10.1 Å². The monoisotopic (exact) mass is 695 g/mol. The molecule has 1 unspecified atom stereocenters. The fourth-order valence-electron chi connectivity index (χ4n) is 6.43. The Morgan fingerprint density at radius 3 is 2.44 bits per heavy atom. The molecular formula is C33H32Cl2FN7O5. The first kappa shape index (κ1) is 33.3. The maximum absolute atomic E-state index is 15.6. The van der Waals surface area contributed by atoms with E-state index in [4.69, 9.17) is 32.9 Å². The number of pyridine rings is 1. The quantitative estimate of drug-likeness (QED) is 0.320. The lowest BCUT2D eigenvalue weighted by molar-refractivity contribution is -0.130. The number of anilines is 1. The lowest BCUT2D eigenvalue weighted by Crippen LogP contribution is -2.48. The van der Waals surface area contributed by atoms with Crippen molar-refractivity contribution in [1.29, 1.82) is 0 Å². The van der Waals surface area contributed by atoms with Gasteiger partial charge in [0, 0.05) is 75.5 Å². The van der Waals surface area contributed by atoms with E-state index in [0.29, 0.717) is 30.2 Å². The van der Waals surface area contributed by atoms with Gasteiger partial charge >= 0.3 is 5.69 Å². The zero-order valence-electron chi connectivity index (χ0n) is 26.6. The number of ether oxygens (including phenoxy) is 1. The Morgan fingerprint density at radius 2 is 1.75 bits per heavy atom. The van der Waals surface area contributed by atoms with Crippen LogP contribution in [0.25, 0.3) is 22.4 Å². The van der Waals surface area contributed by atoms with Gasteiger partial charge in [-0.15, -0.1) is 0 Å². The number of hydrogen-bond acceptors (Lipinski definition) is 8. The minimum absolute atomic E-state index is 0.00565. The third-order valence-corrected chi connectivity index (χ3v) is 9.74. The highest BCUT2D eigenvalue weighted by molar-refractivity contribution is 6.39. The summed E-state index contributed by atoms with van der Waals surface area (Å²) in [4.78, 5) is 58.5. The average molecular weight is 697 g/mol. The summed E-state index contributed by atoms with van der Waals surface area (Å²) in [6, 6.07) is 9.46. The Bertz CT molecular complexity index is 2090. The molecule has 2 aliphatic rings. The van der Waals surface area contributed by atoms with E-state index in [9.17, 15) is 19.2 Å². The number of piperazine rings is 1. The first-order chi connectivity index (χ1) is 22.9. The van der Waals surface area contributed by atoms with E-state index in [-0.39, 0.29) is 38.8 Å². The summed E-state index contributed by atoms with van der Waals surface area (Å²) in [5.41, 5.74) is 1.17. The molecule has 2 amide bonds. The molecule has 1 aliphatic heterocycles. The van der Waals surface area contributed by atoms with Crippen molar-refractivity contribution >= 4 is 40.7 Å². The first-order valence-electron chi connectivity index (χ1n) is 15.2. The van der Waals surface area contributed by atoms with Gasteiger partial charge in [0.2, 0.25) is 17.5 Å². The van der Waals surface area contributed by atoms with Gasteiger partial charge < -0.3 is 15.0 Å². The number of amides is 2. The molecule has 2 aromatic carbocycles. The molecule has 4 aromatic rings. The average Bonchev–Trinajstić information content (AvgIpc) is 3.51. The standard InChI is InChI=1S/C33H32Cl2FN7O5/c1-17(44)42-12-14-43(15-13-42)24-11-8-18-16-23(38-31(48-4)25(18)24)19-9-10-21(36)26(28(19)35)20-6-5-7-22(27(20)34)37-30(45)29-32(46)40(2)33(47)41(3)39-29/h5-7,9-10,16,24H,8,11-15H2,1-4H3,(H,37,45). The molecule has 6 rings (SSSR count). The molecule has 12 nitrogen and oxygen atoms in total. The molecule has 1 N–H and O–H groups in total. The summed E-state index contributed by atoms with van der Waals surface area (Å²) in [6.45, 7) is 4.42. The molecule has 250 valence electrons. The lowest BCUT2D eigenvalue weighted by Gasteiger charge is -2.38. The number of aryl methyl sites for hydroxylation is 2. The Hall–Kier alpha value is -4.59. The Balaban J connectivity index is 1.34. The third-order valence-electron chi connectivity index (χ3n) is 8.94. The molecule has 1 atom stereocenters. The van der Waals surface area contributed by atoms with Crippen LogP contribution < -0.4 is 21.3 Å². The SMILES string of the molecule is COc1nc(-c2ccc(F)c(-c3cccc(NC(=O)c4nn(C)c(=O)n(C)c4=O)c3Cl)c2Cl)cc2c1C(N1CCN(C(C)=O)CC1)CC2. The van der Waals surface area contributed by atoms with Crippen molar-refractivity contribution in [2.45, 2.75) is 25.8 Å². The molecule has 0 radical (unpaired) electrons. The maximum atomic E-state index is 15.6. The first-order valence-corrected chi connectivity index (χ1v) is 16.0. The molecule has 0 bridgehead atoms. The lowest BCUT2D eigenvalue weighted by atomic mass is 9.98. The van der Waals surface area contributed by atoms with E-state index >= 15 is 4.39 Å². The van der Waals surface area contributed by atoms with Crippen molar-refractivity contribution in [3.63, 3.8) is 0 Å². The third kappa shape index (κ3) is 5.86. The summed E-state index contributed by atoms with van der Waals surface area (Å²) in [7, 11) is 4.11. The molecule has 3 heterocycles. The van der Waals surface area contributed by atoms with Crippen LogP contribution in [0, 0.1) is 5.82 Å². The van der Waals surface area contributed by atoms with E-state index < -0.39 is 28.7 Å². The number of aromatic nitrogens is 4. The van der Waals surface area contributed by atoms with E-state index in [1.807, 2.05) is 11.0 Å². The number of benzene rings is 2. The summed E-state index contributed by atoms with van der Waals surface area (Å²) in [5.74, 6) is -1.02. The van der Waals surface area contributed by atoms with Crippen LogP contribution >= 0.6 is 23.2 Å². The highest BCUT2D eigenvalue weighted by Gasteiger charge is 2.35. The van der Waals surface area contributed by atoms with Gasteiger partial charge in [-0.1, -0.05) is 35.3 Å². The molecule has 1 aliphatic carbocycles. The predicted octanol–water partition coefficient (Wildman–Crippen LogP) is 4.07. The summed E-state index contributed by atoms with van der Waals surface area (Å²) >= 11 is 13.6. The molecule has 15 heteroatoms. The van der Waals surface area contributed by atoms with Gasteiger partial charge in [0.15, 0.2) is 0 Å². The van der Waals surface area contributed by atoms with Gasteiger partial charge in [0.1, 0.15) is 5.82 Å². The van der Waals surface area contributed by atoms with Gasteiger partial charge in [0.25, 0.3) is 11.5 Å². The molecule has 1 saturated heterocycles. The van der Waals surface area contributed by atoms with Crippen LogP contribution in [0.5, 0.6) is 5.88 Å². The second-order valence-corrected chi connectivity index (χ2v) is 12.5. The van der Waals surface area contributed by atoms with Crippen LogP contribution in [0.1, 0.15) is 41.0 Å². The number of carbonyl (C=O) groups excluding carboxylic acids is 2. The maximum Gasteiger partial charge on any atom is 0.346 e. The fraction of sp³-hybridized carbons (Fsp3) is 0.333. The zero-order valence-corrected chi connectivity index (χ0v) is 28.2. The van der Waals surface area contributed by atoms with Gasteiger partial charge in [0.05, 0.1) is 28.5 Å². The van der Waals surface area contributed by atoms with Crippen LogP contribution in [0.3, 0.4) is 0 Å². The van der Waals surface area contributed by atoms with Crippen molar-refractivity contribution in [2.24, 2.45) is 14.1 Å². The number of hydrogen-bond donors (Lipinski definition) is 1. The molecule has 1 fully saturated rings. The number of methoxy groups -OCH3 is 1. The van der Waals surface area contributed by atoms with Gasteiger partial charge in [-0.2, -0.15) is 5.10 Å². The van der Waals surface area contributed by atoms with Crippen molar-refractivity contribution in [2.75, 3.05) is 38.6 Å². The fourth-order valence-corrected chi connectivity index (χ4v) is 7.05. The smallest absolute Gasteiger partial charge is 0.346 e. The van der Waals surface area contributed by atoms with Gasteiger partial charge in [-0.25, -0.2) is 18.9 Å². The molecule has 0 spiro atoms. The van der Waals surface area contributed by atoms with E-state index in [2.05, 4.69) is 15.3 Å². The van der Waals surface area contributed by atoms with E-state index in [0.717, 1.165) is 46.3 Å². The van der Waals surface area contributed by atoms with Crippen LogP contribution in [-0.2, 0) is 25.3 Å². The molecule has 0 saturated carbocycles. The number of fused-ring (bicyclic) bond motifs is 1. The minimum Gasteiger partial charge on any atom is -0.481 e. The second kappa shape index (κ2) is 13.1. The summed E-state index contributed by atoms with van der Waals surface area (Å²) in [5, 5.41) is 6.36. The number of carbonyl (C=O) groups is 2. The zero-order chi connectivity index (χ0) is 34.4. The largest absolute Gasteiger partial charge is 0.481 e. The van der Waals surface area contributed by atoms with Crippen molar-refractivity contribution in [1.82, 2.24) is 29.1 Å². The topological polar surface area (TPSA) is 132 Å². The van der Waals surface area contributed by atoms with Crippen molar-refractivity contribution in [3.05, 3.63) is 89.9 Å². The molecule has 2 aromatic heterocycles.